The van der Waals surface area contributed by atoms with Crippen molar-refractivity contribution in [1.29, 1.82) is 0 Å². The van der Waals surface area contributed by atoms with Crippen molar-refractivity contribution in [3.63, 3.8) is 0 Å². The van der Waals surface area contributed by atoms with Crippen LogP contribution in [0.3, 0.4) is 0 Å². The maximum atomic E-state index is 12.3. The van der Waals surface area contributed by atoms with Gasteiger partial charge in [0.1, 0.15) is 11.7 Å². The Morgan fingerprint density at radius 3 is 2.64 bits per heavy atom. The van der Waals surface area contributed by atoms with Gasteiger partial charge in [0.2, 0.25) is 11.8 Å². The first-order chi connectivity index (χ1) is 13.4. The van der Waals surface area contributed by atoms with E-state index in [0.717, 1.165) is 21.8 Å². The molecule has 0 saturated carbocycles. The normalized spacial score (nSPS) is 16.4. The summed E-state index contributed by atoms with van der Waals surface area (Å²) >= 11 is 7.58. The third-order valence-electron chi connectivity index (χ3n) is 3.74. The molecule has 0 aliphatic carbocycles. The van der Waals surface area contributed by atoms with Crippen molar-refractivity contribution in [2.24, 2.45) is 10.9 Å². The van der Waals surface area contributed by atoms with Gasteiger partial charge in [0.25, 0.3) is 5.91 Å². The minimum absolute atomic E-state index is 0.0278. The summed E-state index contributed by atoms with van der Waals surface area (Å²) in [5.41, 5.74) is 0.884. The van der Waals surface area contributed by atoms with E-state index in [0.29, 0.717) is 10.3 Å². The molecule has 1 aromatic carbocycles. The Balaban J connectivity index is 1.56. The average Bonchev–Trinajstić information content (AvgIpc) is 2.66. The van der Waals surface area contributed by atoms with E-state index in [1.54, 1.807) is 12.3 Å². The number of nitrogens with zero attached hydrogens (tertiary/aromatic N) is 2. The maximum absolute atomic E-state index is 12.3. The van der Waals surface area contributed by atoms with E-state index < -0.39 is 17.7 Å². The Kier molecular flexibility index (Phi) is 6.97. The van der Waals surface area contributed by atoms with Crippen molar-refractivity contribution >= 4 is 72.3 Å². The van der Waals surface area contributed by atoms with Crippen LogP contribution >= 0.6 is 43.6 Å². The van der Waals surface area contributed by atoms with Gasteiger partial charge in [-0.1, -0.05) is 42.1 Å². The van der Waals surface area contributed by atoms with Gasteiger partial charge in [-0.15, -0.1) is 0 Å². The minimum atomic E-state index is -0.858. The fraction of sp³-hybridized carbons (Fsp3) is 0.167. The number of pyridine rings is 1. The van der Waals surface area contributed by atoms with Gasteiger partial charge in [-0.05, 0) is 49.9 Å². The highest BCUT2D eigenvalue weighted by Crippen LogP contribution is 2.24. The number of anilines is 1. The van der Waals surface area contributed by atoms with Crippen LogP contribution in [-0.4, -0.2) is 33.6 Å². The lowest BCUT2D eigenvalue weighted by Gasteiger charge is -2.19. The number of rotatable bonds is 5. The number of aromatic nitrogens is 1. The summed E-state index contributed by atoms with van der Waals surface area (Å²) in [6, 6.07) is 11.0. The van der Waals surface area contributed by atoms with E-state index >= 15 is 0 Å². The third-order valence-corrected chi connectivity index (χ3v) is 5.66. The summed E-state index contributed by atoms with van der Waals surface area (Å²) in [6.07, 6.45) is 1.85. The molecule has 0 fully saturated rings. The summed E-state index contributed by atoms with van der Waals surface area (Å²) in [6.45, 7) is 0. The molecule has 2 heterocycles. The lowest BCUT2D eigenvalue weighted by molar-refractivity contribution is -0.133. The largest absolute Gasteiger partial charge is 0.309 e. The van der Waals surface area contributed by atoms with Gasteiger partial charge >= 0.3 is 0 Å². The van der Waals surface area contributed by atoms with Crippen LogP contribution in [0, 0.1) is 5.92 Å². The molecule has 0 radical (unpaired) electrons. The van der Waals surface area contributed by atoms with Crippen LogP contribution < -0.4 is 10.6 Å². The van der Waals surface area contributed by atoms with Crippen LogP contribution in [0.15, 0.2) is 56.5 Å². The van der Waals surface area contributed by atoms with Crippen LogP contribution in [0.4, 0.5) is 5.82 Å². The molecular weight excluding hydrogens is 512 g/mol. The van der Waals surface area contributed by atoms with Crippen LogP contribution in [0.2, 0.25) is 0 Å². The molecule has 1 aliphatic heterocycles. The quantitative estimate of drug-likeness (QED) is 0.584. The molecule has 3 amide bonds. The molecule has 7 nitrogen and oxygen atoms in total. The van der Waals surface area contributed by atoms with Gasteiger partial charge in [0.15, 0.2) is 5.17 Å². The van der Waals surface area contributed by atoms with Crippen molar-refractivity contribution in [2.45, 2.75) is 6.42 Å². The van der Waals surface area contributed by atoms with E-state index in [9.17, 15) is 14.4 Å². The standard InChI is InChI=1S/C18H14Br2N4O3S/c19-11-7-13(20)15(21-8-11)22-14(25)9-28-18-23-16(26)12(17(27)24-18)6-10-4-2-1-3-5-10/h1-5,7-8,12H,6,9H2,(H,21,22,25)(H,23,24,26,27). The maximum Gasteiger partial charge on any atom is 0.261 e. The molecule has 1 aliphatic rings. The number of amidine groups is 1. The van der Waals surface area contributed by atoms with Gasteiger partial charge in [0, 0.05) is 10.7 Å². The highest BCUT2D eigenvalue weighted by atomic mass is 79.9. The molecular formula is C18H14Br2N4O3S. The van der Waals surface area contributed by atoms with E-state index in [4.69, 9.17) is 0 Å². The first-order valence-corrected chi connectivity index (χ1v) is 10.7. The molecule has 1 aromatic heterocycles. The molecule has 28 heavy (non-hydrogen) atoms. The summed E-state index contributed by atoms with van der Waals surface area (Å²) in [5, 5.41) is 5.37. The molecule has 0 saturated heterocycles. The number of carbonyl (C=O) groups is 3. The number of hydrogen-bond donors (Lipinski definition) is 2. The molecule has 2 N–H and O–H groups in total. The highest BCUT2D eigenvalue weighted by Gasteiger charge is 2.32. The highest BCUT2D eigenvalue weighted by molar-refractivity contribution is 9.11. The number of hydrogen-bond acceptors (Lipinski definition) is 5. The number of halogens is 2. The van der Waals surface area contributed by atoms with Crippen molar-refractivity contribution < 1.29 is 14.4 Å². The van der Waals surface area contributed by atoms with Crippen molar-refractivity contribution in [2.75, 3.05) is 11.1 Å². The molecule has 1 atom stereocenters. The monoisotopic (exact) mass is 524 g/mol. The lowest BCUT2D eigenvalue weighted by atomic mass is 9.97. The van der Waals surface area contributed by atoms with E-state index in [1.807, 2.05) is 30.3 Å². The van der Waals surface area contributed by atoms with Gasteiger partial charge < -0.3 is 10.6 Å². The SMILES string of the molecule is O=C(CSC1=NC(=O)C(Cc2ccccc2)C(=O)N1)Nc1ncc(Br)cc1Br. The summed E-state index contributed by atoms with van der Waals surface area (Å²) in [7, 11) is 0. The molecule has 3 rings (SSSR count). The Bertz CT molecular complexity index is 953. The van der Waals surface area contributed by atoms with E-state index in [1.165, 1.54) is 0 Å². The third kappa shape index (κ3) is 5.49. The number of nitrogens with one attached hydrogen (secondary N) is 2. The molecule has 1 unspecified atom stereocenters. The Morgan fingerprint density at radius 1 is 1.21 bits per heavy atom. The van der Waals surface area contributed by atoms with Gasteiger partial charge in [-0.3, -0.25) is 14.4 Å². The van der Waals surface area contributed by atoms with Crippen LogP contribution in [0.25, 0.3) is 0 Å². The number of amides is 3. The first-order valence-electron chi connectivity index (χ1n) is 8.13. The van der Waals surface area contributed by atoms with Gasteiger partial charge in [-0.2, -0.15) is 4.99 Å². The number of aliphatic imine (C=N–C) groups is 1. The second-order valence-electron chi connectivity index (χ2n) is 5.81. The fourth-order valence-corrected chi connectivity index (χ4v) is 4.17. The Hall–Kier alpha value is -2.04. The van der Waals surface area contributed by atoms with Crippen molar-refractivity contribution in [1.82, 2.24) is 10.3 Å². The van der Waals surface area contributed by atoms with Crippen molar-refractivity contribution in [3.8, 4) is 0 Å². The molecule has 10 heteroatoms. The van der Waals surface area contributed by atoms with Gasteiger partial charge in [0.05, 0.1) is 10.2 Å². The second kappa shape index (κ2) is 9.44. The number of benzene rings is 1. The van der Waals surface area contributed by atoms with E-state index in [2.05, 4.69) is 52.5 Å². The van der Waals surface area contributed by atoms with E-state index in [-0.39, 0.29) is 23.2 Å². The zero-order valence-electron chi connectivity index (χ0n) is 14.3. The van der Waals surface area contributed by atoms with Gasteiger partial charge in [-0.25, -0.2) is 4.98 Å². The molecule has 144 valence electrons. The number of carbonyl (C=O) groups excluding carboxylic acids is 3. The summed E-state index contributed by atoms with van der Waals surface area (Å²) in [5.74, 6) is -1.76. The lowest BCUT2D eigenvalue weighted by Crippen LogP contribution is -2.44. The average molecular weight is 526 g/mol. The molecule has 2 aromatic rings. The first kappa shape index (κ1) is 20.7. The van der Waals surface area contributed by atoms with Crippen LogP contribution in [0.5, 0.6) is 0 Å². The van der Waals surface area contributed by atoms with Crippen LogP contribution in [0.1, 0.15) is 5.56 Å². The van der Waals surface area contributed by atoms with Crippen LogP contribution in [-0.2, 0) is 20.8 Å². The van der Waals surface area contributed by atoms with Crippen molar-refractivity contribution in [3.05, 3.63) is 57.1 Å². The second-order valence-corrected chi connectivity index (χ2v) is 8.54. The predicted molar refractivity (Wildman–Crippen MR) is 115 cm³/mol. The Labute approximate surface area is 182 Å². The smallest absolute Gasteiger partial charge is 0.261 e. The fourth-order valence-electron chi connectivity index (χ4n) is 2.42. The zero-order chi connectivity index (χ0) is 20.1. The minimum Gasteiger partial charge on any atom is -0.309 e. The molecule has 0 bridgehead atoms. The molecule has 0 spiro atoms. The summed E-state index contributed by atoms with van der Waals surface area (Å²) < 4.78 is 1.40. The topological polar surface area (TPSA) is 101 Å². The summed E-state index contributed by atoms with van der Waals surface area (Å²) in [4.78, 5) is 44.7. The Morgan fingerprint density at radius 2 is 1.96 bits per heavy atom. The number of thioether (sulfide) groups is 1. The predicted octanol–water partition coefficient (Wildman–Crippen LogP) is 3.15. The zero-order valence-corrected chi connectivity index (χ0v) is 18.3.